The first-order chi connectivity index (χ1) is 6.90. The Morgan fingerprint density at radius 3 is 2.64 bits per heavy atom. The first-order valence-electron chi connectivity index (χ1n) is 5.87. The van der Waals surface area contributed by atoms with E-state index in [-0.39, 0.29) is 0 Å². The van der Waals surface area contributed by atoms with E-state index in [0.29, 0.717) is 0 Å². The Labute approximate surface area is 101 Å². The van der Waals surface area contributed by atoms with Gasteiger partial charge in [-0.3, -0.25) is 0 Å². The van der Waals surface area contributed by atoms with E-state index >= 15 is 0 Å². The number of nitrogens with zero attached hydrogens (tertiary/aromatic N) is 1. The van der Waals surface area contributed by atoms with E-state index in [0.717, 1.165) is 18.6 Å². The first-order valence-corrected chi connectivity index (χ1v) is 6.76. The molecule has 0 radical (unpaired) electrons. The van der Waals surface area contributed by atoms with Gasteiger partial charge in [0, 0.05) is 12.6 Å². The number of likely N-dealkylation sites (tertiary alicyclic amines) is 1. The molecule has 0 bridgehead atoms. The average Bonchev–Trinajstić information content (AvgIpc) is 2.68. The van der Waals surface area contributed by atoms with Gasteiger partial charge in [0.25, 0.3) is 0 Å². The lowest BCUT2D eigenvalue weighted by atomic mass is 9.94. The molecule has 1 unspecified atom stereocenters. The van der Waals surface area contributed by atoms with E-state index in [2.05, 4.69) is 4.90 Å². The van der Waals surface area contributed by atoms with Crippen LogP contribution in [0.1, 0.15) is 38.5 Å². The molecule has 1 heterocycles. The summed E-state index contributed by atoms with van der Waals surface area (Å²) in [6, 6.07) is 0.906. The van der Waals surface area contributed by atoms with Crippen molar-refractivity contribution in [3.8, 4) is 0 Å². The van der Waals surface area contributed by atoms with Crippen molar-refractivity contribution in [1.82, 2.24) is 4.90 Å². The van der Waals surface area contributed by atoms with Gasteiger partial charge in [0.05, 0.1) is 6.61 Å². The molecule has 0 aromatic carbocycles. The average molecular weight is 309 g/mol. The van der Waals surface area contributed by atoms with Crippen LogP contribution in [0.4, 0.5) is 0 Å². The third-order valence-electron chi connectivity index (χ3n) is 3.71. The van der Waals surface area contributed by atoms with Crippen molar-refractivity contribution in [2.24, 2.45) is 5.92 Å². The lowest BCUT2D eigenvalue weighted by Gasteiger charge is -2.31. The van der Waals surface area contributed by atoms with Crippen molar-refractivity contribution >= 4 is 23.0 Å². The highest BCUT2D eigenvalue weighted by Gasteiger charge is 2.28. The maximum absolute atomic E-state index is 5.20. The normalized spacial score (nSPS) is 31.1. The molecule has 2 aliphatic rings. The monoisotopic (exact) mass is 309 g/mol. The molecule has 0 aromatic rings. The molecule has 2 nitrogen and oxygen atoms in total. The third-order valence-corrected chi connectivity index (χ3v) is 4.07. The summed E-state index contributed by atoms with van der Waals surface area (Å²) in [7, 11) is 0. The van der Waals surface area contributed by atoms with Gasteiger partial charge in [-0.05, 0) is 31.7 Å². The molecule has 2 fully saturated rings. The Hall–Kier alpha value is 0.650. The Bertz CT molecular complexity index is 171. The highest BCUT2D eigenvalue weighted by Crippen LogP contribution is 2.27. The second-order valence-corrected chi connectivity index (χ2v) is 5.34. The number of halogens is 1. The predicted molar refractivity (Wildman–Crippen MR) is 66.5 cm³/mol. The van der Waals surface area contributed by atoms with Crippen LogP contribution in [0.5, 0.6) is 0 Å². The number of hydrogen-bond donors (Lipinski definition) is 0. The zero-order chi connectivity index (χ0) is 9.80. The fraction of sp³-hybridized carbons (Fsp3) is 1.00. The van der Waals surface area contributed by atoms with Gasteiger partial charge in [-0.2, -0.15) is 0 Å². The summed E-state index contributed by atoms with van der Waals surface area (Å²) < 4.78 is 5.20. The van der Waals surface area contributed by atoms with Crippen molar-refractivity contribution in [2.45, 2.75) is 44.6 Å². The largest absolute Gasteiger partial charge is 0.315 e. The minimum Gasteiger partial charge on any atom is -0.315 e. The Balaban J connectivity index is 1.76. The summed E-state index contributed by atoms with van der Waals surface area (Å²) in [6.07, 6.45) is 8.60. The quantitative estimate of drug-likeness (QED) is 0.743. The zero-order valence-corrected chi connectivity index (χ0v) is 10.9. The fourth-order valence-electron chi connectivity index (χ4n) is 2.87. The minimum atomic E-state index is 0.800. The van der Waals surface area contributed by atoms with Crippen LogP contribution in [-0.2, 0) is 3.07 Å². The lowest BCUT2D eigenvalue weighted by Crippen LogP contribution is -2.35. The van der Waals surface area contributed by atoms with E-state index in [4.69, 9.17) is 3.07 Å². The maximum Gasteiger partial charge on any atom is 0.109 e. The molecule has 1 aliphatic heterocycles. The third kappa shape index (κ3) is 2.83. The zero-order valence-electron chi connectivity index (χ0n) is 8.75. The molecule has 1 saturated carbocycles. The van der Waals surface area contributed by atoms with Crippen molar-refractivity contribution in [2.75, 3.05) is 19.7 Å². The van der Waals surface area contributed by atoms with Crippen LogP contribution >= 0.6 is 23.0 Å². The van der Waals surface area contributed by atoms with Crippen LogP contribution in [0.3, 0.4) is 0 Å². The van der Waals surface area contributed by atoms with Gasteiger partial charge in [0.15, 0.2) is 0 Å². The van der Waals surface area contributed by atoms with Crippen molar-refractivity contribution in [3.63, 3.8) is 0 Å². The van der Waals surface area contributed by atoms with Crippen LogP contribution < -0.4 is 0 Å². The smallest absolute Gasteiger partial charge is 0.109 e. The summed E-state index contributed by atoms with van der Waals surface area (Å²) in [5.41, 5.74) is 0. The van der Waals surface area contributed by atoms with Crippen LogP contribution in [0.2, 0.25) is 0 Å². The Morgan fingerprint density at radius 1 is 1.14 bits per heavy atom. The van der Waals surface area contributed by atoms with Gasteiger partial charge in [0.1, 0.15) is 23.0 Å². The highest BCUT2D eigenvalue weighted by molar-refractivity contribution is 14.1. The van der Waals surface area contributed by atoms with Gasteiger partial charge in [-0.1, -0.05) is 19.3 Å². The van der Waals surface area contributed by atoms with E-state index in [1.54, 1.807) is 0 Å². The second kappa shape index (κ2) is 5.66. The van der Waals surface area contributed by atoms with Crippen LogP contribution in [0.15, 0.2) is 0 Å². The molecular weight excluding hydrogens is 289 g/mol. The standard InChI is InChI=1S/C11H20INO/c12-14-9-10-6-7-13(8-10)11-4-2-1-3-5-11/h10-11H,1-9H2. The molecule has 1 atom stereocenters. The van der Waals surface area contributed by atoms with Crippen LogP contribution in [-0.4, -0.2) is 30.6 Å². The summed E-state index contributed by atoms with van der Waals surface area (Å²) in [4.78, 5) is 2.71. The Kier molecular flexibility index (Phi) is 4.50. The first kappa shape index (κ1) is 11.1. The molecule has 0 aromatic heterocycles. The Morgan fingerprint density at radius 2 is 1.93 bits per heavy atom. The minimum absolute atomic E-state index is 0.800. The maximum atomic E-state index is 5.20. The fourth-order valence-corrected chi connectivity index (χ4v) is 3.37. The number of rotatable bonds is 3. The van der Waals surface area contributed by atoms with Crippen molar-refractivity contribution in [3.05, 3.63) is 0 Å². The van der Waals surface area contributed by atoms with Crippen molar-refractivity contribution in [1.29, 1.82) is 0 Å². The summed E-state index contributed by atoms with van der Waals surface area (Å²) in [5, 5.41) is 0. The van der Waals surface area contributed by atoms with Gasteiger partial charge >= 0.3 is 0 Å². The summed E-state index contributed by atoms with van der Waals surface area (Å²) >= 11 is 2.02. The van der Waals surface area contributed by atoms with E-state index < -0.39 is 0 Å². The molecule has 0 spiro atoms. The lowest BCUT2D eigenvalue weighted by molar-refractivity contribution is 0.179. The van der Waals surface area contributed by atoms with Gasteiger partial charge in [0.2, 0.25) is 0 Å². The highest BCUT2D eigenvalue weighted by atomic mass is 127. The van der Waals surface area contributed by atoms with Crippen LogP contribution in [0.25, 0.3) is 0 Å². The summed E-state index contributed by atoms with van der Waals surface area (Å²) in [5.74, 6) is 0.800. The molecule has 0 N–H and O–H groups in total. The SMILES string of the molecule is IOCC1CCN(C2CCCCC2)C1. The molecule has 1 saturated heterocycles. The molecule has 2 rings (SSSR count). The molecule has 3 heteroatoms. The van der Waals surface area contributed by atoms with Gasteiger partial charge in [-0.15, -0.1) is 0 Å². The molecule has 1 aliphatic carbocycles. The predicted octanol–water partition coefficient (Wildman–Crippen LogP) is 3.01. The second-order valence-electron chi connectivity index (χ2n) is 4.72. The van der Waals surface area contributed by atoms with Gasteiger partial charge < -0.3 is 7.97 Å². The number of hydrogen-bond acceptors (Lipinski definition) is 2. The van der Waals surface area contributed by atoms with E-state index in [9.17, 15) is 0 Å². The van der Waals surface area contributed by atoms with Crippen LogP contribution in [0, 0.1) is 5.92 Å². The summed E-state index contributed by atoms with van der Waals surface area (Å²) in [6.45, 7) is 3.55. The van der Waals surface area contributed by atoms with Gasteiger partial charge in [-0.25, -0.2) is 0 Å². The molecule has 0 amide bonds. The van der Waals surface area contributed by atoms with E-state index in [1.165, 1.54) is 51.6 Å². The van der Waals surface area contributed by atoms with Crippen molar-refractivity contribution < 1.29 is 3.07 Å². The van der Waals surface area contributed by atoms with E-state index in [1.807, 2.05) is 23.0 Å². The molecular formula is C11H20INO. The topological polar surface area (TPSA) is 12.5 Å². The molecule has 14 heavy (non-hydrogen) atoms. The molecule has 82 valence electrons.